The summed E-state index contributed by atoms with van der Waals surface area (Å²) in [5.41, 5.74) is 2.32. The number of carbonyl (C=O) groups excluding carboxylic acids is 2. The van der Waals surface area contributed by atoms with Crippen LogP contribution in [0.3, 0.4) is 0 Å². The number of hydrogen-bond acceptors (Lipinski definition) is 7. The van der Waals surface area contributed by atoms with Crippen molar-refractivity contribution in [2.24, 2.45) is 0 Å². The van der Waals surface area contributed by atoms with Gasteiger partial charge in [-0.25, -0.2) is 4.98 Å². The predicted molar refractivity (Wildman–Crippen MR) is 162 cm³/mol. The molecule has 0 atom stereocenters. The zero-order valence-electron chi connectivity index (χ0n) is 23.3. The Labute approximate surface area is 244 Å². The lowest BCUT2D eigenvalue weighted by Crippen LogP contribution is -2.26. The Bertz CT molecular complexity index is 1500. The smallest absolute Gasteiger partial charge is 0.259 e. The maximum Gasteiger partial charge on any atom is 0.259 e. The molecule has 1 aliphatic heterocycles. The van der Waals surface area contributed by atoms with Crippen LogP contribution >= 0.6 is 11.3 Å². The van der Waals surface area contributed by atoms with Gasteiger partial charge >= 0.3 is 0 Å². The van der Waals surface area contributed by atoms with Crippen molar-refractivity contribution in [3.05, 3.63) is 88.9 Å². The van der Waals surface area contributed by atoms with E-state index >= 15 is 0 Å². The minimum atomic E-state index is -0.278. The molecule has 8 nitrogen and oxygen atoms in total. The highest BCUT2D eigenvalue weighted by molar-refractivity contribution is 7.15. The Kier molecular flexibility index (Phi) is 9.28. The number of aromatic nitrogens is 1. The number of fused-ring (bicyclic) bond motifs is 2. The zero-order chi connectivity index (χ0) is 28.6. The molecule has 5 rings (SSSR count). The van der Waals surface area contributed by atoms with E-state index in [1.54, 1.807) is 42.6 Å². The van der Waals surface area contributed by atoms with Crippen LogP contribution in [-0.4, -0.2) is 47.9 Å². The maximum atomic E-state index is 12.9. The number of nitrogens with zero attached hydrogens (tertiary/aromatic N) is 2. The van der Waals surface area contributed by atoms with Gasteiger partial charge in [0.05, 0.1) is 24.4 Å². The SMILES string of the molecule is CCCN(CC)CCCOc1ccc(-c2ncc(CNC(=O)c3ccc4c(c3)NC(=O)c3ccccc3O4)s2)cc1. The molecule has 0 aliphatic carbocycles. The van der Waals surface area contributed by atoms with Crippen LogP contribution in [0, 0.1) is 0 Å². The Morgan fingerprint density at radius 1 is 1.05 bits per heavy atom. The predicted octanol–water partition coefficient (Wildman–Crippen LogP) is 6.60. The number of hydrogen-bond donors (Lipinski definition) is 2. The molecule has 0 bridgehead atoms. The van der Waals surface area contributed by atoms with Gasteiger partial charge in [0.15, 0.2) is 5.75 Å². The molecule has 0 unspecified atom stereocenters. The minimum Gasteiger partial charge on any atom is -0.494 e. The molecule has 41 heavy (non-hydrogen) atoms. The van der Waals surface area contributed by atoms with Crippen LogP contribution in [0.25, 0.3) is 10.6 Å². The Morgan fingerprint density at radius 2 is 1.88 bits per heavy atom. The molecular formula is C32H34N4O4S. The maximum absolute atomic E-state index is 12.9. The number of ether oxygens (including phenoxy) is 2. The van der Waals surface area contributed by atoms with Gasteiger partial charge in [0, 0.05) is 28.7 Å². The summed E-state index contributed by atoms with van der Waals surface area (Å²) in [7, 11) is 0. The van der Waals surface area contributed by atoms with Crippen LogP contribution in [0.15, 0.2) is 72.9 Å². The normalized spacial score (nSPS) is 12.1. The highest BCUT2D eigenvalue weighted by atomic mass is 32.1. The van der Waals surface area contributed by atoms with Crippen molar-refractivity contribution in [2.75, 3.05) is 31.6 Å². The van der Waals surface area contributed by atoms with Gasteiger partial charge in [-0.2, -0.15) is 0 Å². The van der Waals surface area contributed by atoms with E-state index in [2.05, 4.69) is 34.4 Å². The van der Waals surface area contributed by atoms with Crippen LogP contribution < -0.4 is 20.1 Å². The second-order valence-electron chi connectivity index (χ2n) is 9.74. The molecule has 9 heteroatoms. The van der Waals surface area contributed by atoms with E-state index < -0.39 is 0 Å². The average Bonchev–Trinajstić information content (AvgIpc) is 3.42. The molecule has 4 aromatic rings. The number of carbonyl (C=O) groups is 2. The fourth-order valence-corrected chi connectivity index (χ4v) is 5.48. The number of thiazole rings is 1. The first kappa shape index (κ1) is 28.3. The summed E-state index contributed by atoms with van der Waals surface area (Å²) in [6.45, 7) is 8.68. The van der Waals surface area contributed by atoms with Gasteiger partial charge in [0.2, 0.25) is 0 Å². The summed E-state index contributed by atoms with van der Waals surface area (Å²) in [4.78, 5) is 33.4. The third-order valence-corrected chi connectivity index (χ3v) is 7.84. The quantitative estimate of drug-likeness (QED) is 0.187. The van der Waals surface area contributed by atoms with E-state index in [0.717, 1.165) is 47.3 Å². The van der Waals surface area contributed by atoms with Crippen LogP contribution in [-0.2, 0) is 6.54 Å². The third-order valence-electron chi connectivity index (χ3n) is 6.79. The van der Waals surface area contributed by atoms with Crippen LogP contribution in [0.1, 0.15) is 52.3 Å². The first-order valence-corrected chi connectivity index (χ1v) is 14.8. The lowest BCUT2D eigenvalue weighted by atomic mass is 10.1. The van der Waals surface area contributed by atoms with Crippen LogP contribution in [0.4, 0.5) is 5.69 Å². The molecular weight excluding hydrogens is 536 g/mol. The largest absolute Gasteiger partial charge is 0.494 e. The summed E-state index contributed by atoms with van der Waals surface area (Å²) >= 11 is 1.53. The standard InChI is InChI=1S/C32H34N4O4S/c1-3-16-36(4-2)17-7-18-39-24-13-10-22(11-14-24)32-34-21-25(41-32)20-33-30(37)23-12-15-29-27(19-23)35-31(38)26-8-5-6-9-28(26)40-29/h5-6,8-15,19,21H,3-4,7,16-18,20H2,1-2H3,(H,33,37)(H,35,38). The second-order valence-corrected chi connectivity index (χ2v) is 10.9. The molecule has 0 saturated carbocycles. The molecule has 2 amide bonds. The molecule has 2 N–H and O–H groups in total. The number of benzene rings is 3. The zero-order valence-corrected chi connectivity index (χ0v) is 24.1. The van der Waals surface area contributed by atoms with Crippen LogP contribution in [0.5, 0.6) is 17.2 Å². The Hall–Kier alpha value is -4.21. The van der Waals surface area contributed by atoms with Crippen molar-refractivity contribution in [3.8, 4) is 27.8 Å². The fourth-order valence-electron chi connectivity index (χ4n) is 4.62. The Morgan fingerprint density at radius 3 is 2.68 bits per heavy atom. The Balaban J connectivity index is 1.13. The molecule has 2 heterocycles. The van der Waals surface area contributed by atoms with Gasteiger partial charge in [-0.1, -0.05) is 26.0 Å². The van der Waals surface area contributed by atoms with E-state index in [4.69, 9.17) is 9.47 Å². The van der Waals surface area contributed by atoms with E-state index in [9.17, 15) is 9.59 Å². The van der Waals surface area contributed by atoms with Gasteiger partial charge in [-0.3, -0.25) is 9.59 Å². The monoisotopic (exact) mass is 570 g/mol. The molecule has 1 aliphatic rings. The molecule has 212 valence electrons. The summed E-state index contributed by atoms with van der Waals surface area (Å²) in [6, 6.07) is 20.0. The highest BCUT2D eigenvalue weighted by Crippen LogP contribution is 2.36. The average molecular weight is 571 g/mol. The number of nitrogens with one attached hydrogen (secondary N) is 2. The van der Waals surface area contributed by atoms with Crippen molar-refractivity contribution < 1.29 is 19.1 Å². The molecule has 0 fully saturated rings. The van der Waals surface area contributed by atoms with Gasteiger partial charge in [-0.15, -0.1) is 11.3 Å². The summed E-state index contributed by atoms with van der Waals surface area (Å²) in [6.07, 6.45) is 3.95. The molecule has 3 aromatic carbocycles. The fraction of sp³-hybridized carbons (Fsp3) is 0.281. The van der Waals surface area contributed by atoms with E-state index in [-0.39, 0.29) is 11.8 Å². The summed E-state index contributed by atoms with van der Waals surface area (Å²) in [5.74, 6) is 1.28. The summed E-state index contributed by atoms with van der Waals surface area (Å²) in [5, 5.41) is 6.66. The van der Waals surface area contributed by atoms with Gasteiger partial charge in [-0.05, 0) is 80.5 Å². The van der Waals surface area contributed by atoms with E-state index in [1.165, 1.54) is 17.8 Å². The van der Waals surface area contributed by atoms with Gasteiger partial charge in [0.25, 0.3) is 11.8 Å². The van der Waals surface area contributed by atoms with Crippen molar-refractivity contribution in [2.45, 2.75) is 33.2 Å². The minimum absolute atomic E-state index is 0.253. The van der Waals surface area contributed by atoms with Crippen molar-refractivity contribution in [1.29, 1.82) is 0 Å². The number of rotatable bonds is 12. The van der Waals surface area contributed by atoms with Crippen LogP contribution in [0.2, 0.25) is 0 Å². The lowest BCUT2D eigenvalue weighted by molar-refractivity contribution is 0.0950. The van der Waals surface area contributed by atoms with Gasteiger partial charge < -0.3 is 25.0 Å². The first-order chi connectivity index (χ1) is 20.0. The number of amides is 2. The van der Waals surface area contributed by atoms with E-state index in [1.807, 2.05) is 30.3 Å². The first-order valence-electron chi connectivity index (χ1n) is 13.9. The molecule has 1 aromatic heterocycles. The lowest BCUT2D eigenvalue weighted by Gasteiger charge is -2.19. The second kappa shape index (κ2) is 13.4. The highest BCUT2D eigenvalue weighted by Gasteiger charge is 2.21. The van der Waals surface area contributed by atoms with Crippen molar-refractivity contribution >= 4 is 28.8 Å². The molecule has 0 radical (unpaired) electrons. The third kappa shape index (κ3) is 7.11. The van der Waals surface area contributed by atoms with Crippen molar-refractivity contribution in [1.82, 2.24) is 15.2 Å². The number of anilines is 1. The topological polar surface area (TPSA) is 92.8 Å². The van der Waals surface area contributed by atoms with E-state index in [0.29, 0.717) is 41.5 Å². The summed E-state index contributed by atoms with van der Waals surface area (Å²) < 4.78 is 11.8. The molecule has 0 spiro atoms. The van der Waals surface area contributed by atoms with Gasteiger partial charge in [0.1, 0.15) is 16.5 Å². The number of para-hydroxylation sites is 1. The molecule has 0 saturated heterocycles. The van der Waals surface area contributed by atoms with Crippen molar-refractivity contribution in [3.63, 3.8) is 0 Å².